The van der Waals surface area contributed by atoms with Crippen molar-refractivity contribution < 1.29 is 27.6 Å². The normalized spacial score (nSPS) is 12.3. The van der Waals surface area contributed by atoms with E-state index >= 15 is 0 Å². The number of carboxylic acid groups (broad SMARTS) is 1. The lowest BCUT2D eigenvalue weighted by Gasteiger charge is -2.07. The van der Waals surface area contributed by atoms with Gasteiger partial charge in [0.1, 0.15) is 0 Å². The number of pyridine rings is 1. The molecule has 2 aromatic heterocycles. The third-order valence-corrected chi connectivity index (χ3v) is 3.53. The molecule has 0 bridgehead atoms. The molecule has 0 aliphatic heterocycles. The number of alkyl halides is 3. The number of aromatic nitrogens is 3. The molecule has 0 amide bonds. The van der Waals surface area contributed by atoms with Crippen molar-refractivity contribution in [3.8, 4) is 0 Å². The van der Waals surface area contributed by atoms with E-state index in [1.165, 1.54) is 0 Å². The first-order valence-electron chi connectivity index (χ1n) is 7.58. The summed E-state index contributed by atoms with van der Waals surface area (Å²) in [6.45, 7) is 2.07. The first-order valence-corrected chi connectivity index (χ1v) is 7.58. The second kappa shape index (κ2) is 7.99. The van der Waals surface area contributed by atoms with Crippen LogP contribution < -0.4 is 11.3 Å². The molecule has 0 saturated carbocycles. The third kappa shape index (κ3) is 4.91. The molecule has 3 rings (SSSR count). The Kier molecular flexibility index (Phi) is 5.95. The Morgan fingerprint density at radius 2 is 2.00 bits per heavy atom. The highest BCUT2D eigenvalue weighted by atomic mass is 19.4. The van der Waals surface area contributed by atoms with Crippen LogP contribution in [0.5, 0.6) is 0 Å². The molecule has 1 aromatic carbocycles. The quantitative estimate of drug-likeness (QED) is 0.630. The fourth-order valence-electron chi connectivity index (χ4n) is 2.15. The van der Waals surface area contributed by atoms with Crippen LogP contribution in [-0.2, 0) is 11.3 Å². The number of nitrogens with one attached hydrogen (secondary N) is 1. The Hall–Kier alpha value is -3.21. The van der Waals surface area contributed by atoms with E-state index in [4.69, 9.17) is 20.2 Å². The summed E-state index contributed by atoms with van der Waals surface area (Å²) >= 11 is 0. The van der Waals surface area contributed by atoms with Crippen LogP contribution in [0.4, 0.5) is 13.2 Å². The number of carboxylic acids is 1. The van der Waals surface area contributed by atoms with Crippen molar-refractivity contribution in [1.82, 2.24) is 15.1 Å². The molecule has 1 unspecified atom stereocenters. The van der Waals surface area contributed by atoms with E-state index in [2.05, 4.69) is 15.1 Å². The number of aromatic amines is 1. The van der Waals surface area contributed by atoms with Gasteiger partial charge in [-0.2, -0.15) is 18.2 Å². The van der Waals surface area contributed by atoms with E-state index in [0.717, 1.165) is 10.9 Å². The molecule has 3 aromatic rings. The number of fused-ring (bicyclic) bond motifs is 1. The average molecular weight is 384 g/mol. The predicted molar refractivity (Wildman–Crippen MR) is 88.0 cm³/mol. The number of halogens is 3. The smallest absolute Gasteiger partial charge is 0.475 e. The lowest BCUT2D eigenvalue weighted by molar-refractivity contribution is -0.192. The number of hydrogen-bond acceptors (Lipinski definition) is 6. The van der Waals surface area contributed by atoms with Crippen LogP contribution in [0, 0.1) is 0 Å². The van der Waals surface area contributed by atoms with Gasteiger partial charge in [-0.3, -0.25) is 4.79 Å². The van der Waals surface area contributed by atoms with Crippen molar-refractivity contribution in [2.45, 2.75) is 25.6 Å². The number of nitrogens with two attached hydrogens (primary N) is 1. The van der Waals surface area contributed by atoms with Gasteiger partial charge in [0.15, 0.2) is 5.82 Å². The molecule has 8 nitrogen and oxygen atoms in total. The third-order valence-electron chi connectivity index (χ3n) is 3.53. The zero-order valence-electron chi connectivity index (χ0n) is 13.9. The highest BCUT2D eigenvalue weighted by molar-refractivity contribution is 5.78. The second-order valence-electron chi connectivity index (χ2n) is 5.42. The molecule has 2 heterocycles. The van der Waals surface area contributed by atoms with Gasteiger partial charge in [-0.05, 0) is 24.4 Å². The molecule has 4 N–H and O–H groups in total. The maximum Gasteiger partial charge on any atom is 0.490 e. The predicted octanol–water partition coefficient (Wildman–Crippen LogP) is 2.15. The molecule has 0 aliphatic rings. The zero-order valence-corrected chi connectivity index (χ0v) is 13.9. The van der Waals surface area contributed by atoms with Gasteiger partial charge in [0.25, 0.3) is 5.56 Å². The monoisotopic (exact) mass is 384 g/mol. The summed E-state index contributed by atoms with van der Waals surface area (Å²) in [6, 6.07) is 9.47. The Morgan fingerprint density at radius 1 is 1.37 bits per heavy atom. The van der Waals surface area contributed by atoms with Crippen LogP contribution in [0.15, 0.2) is 39.6 Å². The summed E-state index contributed by atoms with van der Waals surface area (Å²) in [5, 5.41) is 11.8. The summed E-state index contributed by atoms with van der Waals surface area (Å²) in [4.78, 5) is 28.1. The van der Waals surface area contributed by atoms with E-state index in [9.17, 15) is 18.0 Å². The number of benzene rings is 1. The number of aliphatic carboxylic acids is 1. The summed E-state index contributed by atoms with van der Waals surface area (Å²) in [6.07, 6.45) is -5.08. The number of rotatable bonds is 3. The standard InChI is InChI=1S/C14H14N4O2.C2HF3O2/c1-8(14-17-12(7-15)18-20-14)10-6-9-4-2-3-5-11(9)16-13(10)19;3-2(4,5)1(6)7/h2-6,8H,7,15H2,1H3,(H,16,19);(H,6,7). The second-order valence-corrected chi connectivity index (χ2v) is 5.42. The molecule has 0 spiro atoms. The summed E-state index contributed by atoms with van der Waals surface area (Å²) in [7, 11) is 0. The Morgan fingerprint density at radius 3 is 2.56 bits per heavy atom. The molecule has 11 heteroatoms. The van der Waals surface area contributed by atoms with Gasteiger partial charge in [-0.15, -0.1) is 0 Å². The molecule has 27 heavy (non-hydrogen) atoms. The Bertz CT molecular complexity index is 997. The zero-order chi connectivity index (χ0) is 20.2. The molecular formula is C16H15F3N4O4. The molecule has 144 valence electrons. The van der Waals surface area contributed by atoms with Crippen LogP contribution in [0.2, 0.25) is 0 Å². The Balaban J connectivity index is 0.000000321. The fraction of sp³-hybridized carbons (Fsp3) is 0.250. The number of nitrogens with zero attached hydrogens (tertiary/aromatic N) is 2. The van der Waals surface area contributed by atoms with E-state index in [-0.39, 0.29) is 18.0 Å². The lowest BCUT2D eigenvalue weighted by Crippen LogP contribution is -2.21. The molecule has 0 fully saturated rings. The first-order chi connectivity index (χ1) is 12.6. The van der Waals surface area contributed by atoms with Crippen molar-refractivity contribution in [1.29, 1.82) is 0 Å². The van der Waals surface area contributed by atoms with Gasteiger partial charge in [0.2, 0.25) is 5.89 Å². The lowest BCUT2D eigenvalue weighted by atomic mass is 10.0. The molecule has 0 saturated heterocycles. The maximum atomic E-state index is 12.2. The molecule has 0 aliphatic carbocycles. The topological polar surface area (TPSA) is 135 Å². The number of carbonyl (C=O) groups is 1. The van der Waals surface area contributed by atoms with Gasteiger partial charge in [0, 0.05) is 11.1 Å². The van der Waals surface area contributed by atoms with E-state index in [1.54, 1.807) is 0 Å². The van der Waals surface area contributed by atoms with Crippen LogP contribution in [-0.4, -0.2) is 32.4 Å². The fourth-order valence-corrected chi connectivity index (χ4v) is 2.15. The van der Waals surface area contributed by atoms with Crippen molar-refractivity contribution in [2.24, 2.45) is 5.73 Å². The summed E-state index contributed by atoms with van der Waals surface area (Å²) in [5.74, 6) is -2.21. The van der Waals surface area contributed by atoms with Crippen LogP contribution in [0.3, 0.4) is 0 Å². The van der Waals surface area contributed by atoms with Crippen molar-refractivity contribution in [2.75, 3.05) is 0 Å². The SMILES string of the molecule is CC(c1nc(CN)no1)c1cc2ccccc2[nH]c1=O.O=C(O)C(F)(F)F. The van der Waals surface area contributed by atoms with Gasteiger partial charge >= 0.3 is 12.1 Å². The minimum atomic E-state index is -5.08. The first kappa shape index (κ1) is 20.1. The molecule has 0 radical (unpaired) electrons. The largest absolute Gasteiger partial charge is 0.490 e. The van der Waals surface area contributed by atoms with Crippen LogP contribution in [0.1, 0.15) is 30.1 Å². The minimum absolute atomic E-state index is 0.149. The Labute approximate surface area is 149 Å². The van der Waals surface area contributed by atoms with Gasteiger partial charge in [-0.25, -0.2) is 4.79 Å². The van der Waals surface area contributed by atoms with Gasteiger partial charge < -0.3 is 20.3 Å². The van der Waals surface area contributed by atoms with E-state index < -0.39 is 12.1 Å². The van der Waals surface area contributed by atoms with Gasteiger partial charge in [0.05, 0.1) is 12.5 Å². The molecule has 1 atom stereocenters. The van der Waals surface area contributed by atoms with Crippen LogP contribution in [0.25, 0.3) is 10.9 Å². The summed E-state index contributed by atoms with van der Waals surface area (Å²) < 4.78 is 36.9. The maximum absolute atomic E-state index is 12.2. The highest BCUT2D eigenvalue weighted by Crippen LogP contribution is 2.22. The minimum Gasteiger partial charge on any atom is -0.475 e. The van der Waals surface area contributed by atoms with Crippen molar-refractivity contribution in [3.05, 3.63) is 58.0 Å². The summed E-state index contributed by atoms with van der Waals surface area (Å²) in [5.41, 5.74) is 6.70. The van der Waals surface area contributed by atoms with E-state index in [1.807, 2.05) is 37.3 Å². The van der Waals surface area contributed by atoms with E-state index in [0.29, 0.717) is 17.3 Å². The number of hydrogen-bond donors (Lipinski definition) is 3. The number of para-hydroxylation sites is 1. The van der Waals surface area contributed by atoms with Crippen molar-refractivity contribution in [3.63, 3.8) is 0 Å². The van der Waals surface area contributed by atoms with Crippen LogP contribution >= 0.6 is 0 Å². The highest BCUT2D eigenvalue weighted by Gasteiger charge is 2.38. The average Bonchev–Trinajstić information content (AvgIpc) is 3.09. The molecular weight excluding hydrogens is 369 g/mol. The van der Waals surface area contributed by atoms with Gasteiger partial charge in [-0.1, -0.05) is 23.4 Å². The van der Waals surface area contributed by atoms with Crippen molar-refractivity contribution >= 4 is 16.9 Å². The number of H-pyrrole nitrogens is 1.